The van der Waals surface area contributed by atoms with E-state index in [0.717, 1.165) is 0 Å². The average molecular weight is 446 g/mol. The molecule has 0 radical (unpaired) electrons. The van der Waals surface area contributed by atoms with E-state index in [1.165, 1.54) is 63.9 Å². The zero-order chi connectivity index (χ0) is 22.9. The van der Waals surface area contributed by atoms with E-state index in [-0.39, 0.29) is 28.5 Å². The van der Waals surface area contributed by atoms with E-state index in [2.05, 4.69) is 15.3 Å². The van der Waals surface area contributed by atoms with Gasteiger partial charge in [0.25, 0.3) is 5.43 Å². The normalized spacial score (nSPS) is 11.0. The van der Waals surface area contributed by atoms with Gasteiger partial charge in [0.2, 0.25) is 0 Å². The summed E-state index contributed by atoms with van der Waals surface area (Å²) in [6, 6.07) is 13.8. The van der Waals surface area contributed by atoms with Crippen molar-refractivity contribution in [2.75, 3.05) is 7.11 Å². The SMILES string of the molecule is COc1cn(-c2ccc(-n3cccn3)cc2F)nc(-c2ccnn2-c2ccccc2F)c1=O. The minimum atomic E-state index is -0.588. The fourth-order valence-corrected chi connectivity index (χ4v) is 3.45. The standard InChI is InChI=1S/C23H16F2N6O2/c1-33-21-14-30(18-8-7-15(13-17(18)25)29-12-4-10-26-29)28-22(23(21)32)20-9-11-27-31(20)19-6-3-2-5-16(19)24/h2-14H,1H3. The van der Waals surface area contributed by atoms with Gasteiger partial charge in [-0.05, 0) is 36.4 Å². The summed E-state index contributed by atoms with van der Waals surface area (Å²) in [6.45, 7) is 0. The topological polar surface area (TPSA) is 79.8 Å². The Labute approximate surface area is 185 Å². The minimum absolute atomic E-state index is 0.0585. The number of hydrogen-bond donors (Lipinski definition) is 0. The van der Waals surface area contributed by atoms with Crippen LogP contribution in [0.5, 0.6) is 5.75 Å². The Morgan fingerprint density at radius 1 is 0.879 bits per heavy atom. The van der Waals surface area contributed by atoms with Gasteiger partial charge in [-0.3, -0.25) is 4.79 Å². The predicted octanol–water partition coefficient (Wildman–Crippen LogP) is 3.56. The maximum absolute atomic E-state index is 15.0. The van der Waals surface area contributed by atoms with Crippen molar-refractivity contribution in [3.63, 3.8) is 0 Å². The first-order valence-corrected chi connectivity index (χ1v) is 9.84. The molecule has 5 rings (SSSR count). The number of ether oxygens (including phenoxy) is 1. The number of hydrogen-bond acceptors (Lipinski definition) is 5. The van der Waals surface area contributed by atoms with Gasteiger partial charge >= 0.3 is 0 Å². The Morgan fingerprint density at radius 3 is 2.45 bits per heavy atom. The number of aromatic nitrogens is 6. The van der Waals surface area contributed by atoms with E-state index in [1.807, 2.05) is 0 Å². The van der Waals surface area contributed by atoms with Crippen LogP contribution >= 0.6 is 0 Å². The highest BCUT2D eigenvalue weighted by atomic mass is 19.1. The Hall–Kier alpha value is -4.60. The lowest BCUT2D eigenvalue weighted by molar-refractivity contribution is 0.405. The highest BCUT2D eigenvalue weighted by Gasteiger charge is 2.20. The van der Waals surface area contributed by atoms with E-state index in [1.54, 1.807) is 36.7 Å². The van der Waals surface area contributed by atoms with Crippen molar-refractivity contribution >= 4 is 0 Å². The molecule has 3 heterocycles. The molecule has 0 unspecified atom stereocenters. The van der Waals surface area contributed by atoms with Crippen molar-refractivity contribution in [2.45, 2.75) is 0 Å². The summed E-state index contributed by atoms with van der Waals surface area (Å²) in [5.41, 5.74) is 0.356. The smallest absolute Gasteiger partial charge is 0.251 e. The third-order valence-corrected chi connectivity index (χ3v) is 5.02. The predicted molar refractivity (Wildman–Crippen MR) is 116 cm³/mol. The Kier molecular flexibility index (Phi) is 5.02. The van der Waals surface area contributed by atoms with E-state index in [4.69, 9.17) is 4.74 Å². The molecule has 0 fully saturated rings. The summed E-state index contributed by atoms with van der Waals surface area (Å²) in [6.07, 6.45) is 6.00. The minimum Gasteiger partial charge on any atom is -0.491 e. The molecule has 0 aliphatic rings. The van der Waals surface area contributed by atoms with Crippen LogP contribution < -0.4 is 10.2 Å². The molecule has 2 aromatic carbocycles. The molecule has 0 bridgehead atoms. The molecule has 5 aromatic rings. The molecule has 0 saturated carbocycles. The van der Waals surface area contributed by atoms with Gasteiger partial charge in [-0.15, -0.1) is 0 Å². The van der Waals surface area contributed by atoms with Crippen molar-refractivity contribution in [1.29, 1.82) is 0 Å². The Balaban J connectivity index is 1.67. The molecule has 0 N–H and O–H groups in total. The van der Waals surface area contributed by atoms with Gasteiger partial charge in [0.1, 0.15) is 17.2 Å². The lowest BCUT2D eigenvalue weighted by Crippen LogP contribution is -2.18. The number of rotatable bonds is 5. The number of para-hydroxylation sites is 1. The molecule has 0 amide bonds. The van der Waals surface area contributed by atoms with E-state index < -0.39 is 17.1 Å². The van der Waals surface area contributed by atoms with Gasteiger partial charge in [0, 0.05) is 18.5 Å². The molecule has 3 aromatic heterocycles. The summed E-state index contributed by atoms with van der Waals surface area (Å²) in [4.78, 5) is 13.0. The van der Waals surface area contributed by atoms with E-state index in [9.17, 15) is 9.18 Å². The maximum Gasteiger partial charge on any atom is 0.251 e. The summed E-state index contributed by atoms with van der Waals surface area (Å²) < 4.78 is 38.7. The third-order valence-electron chi connectivity index (χ3n) is 5.02. The van der Waals surface area contributed by atoms with Crippen LogP contribution in [0, 0.1) is 11.6 Å². The number of benzene rings is 2. The van der Waals surface area contributed by atoms with Gasteiger partial charge in [0.15, 0.2) is 17.3 Å². The van der Waals surface area contributed by atoms with E-state index in [0.29, 0.717) is 5.69 Å². The van der Waals surface area contributed by atoms with Crippen LogP contribution in [0.15, 0.2) is 84.2 Å². The first-order chi connectivity index (χ1) is 16.1. The highest BCUT2D eigenvalue weighted by Crippen LogP contribution is 2.23. The number of nitrogens with zero attached hydrogens (tertiary/aromatic N) is 6. The van der Waals surface area contributed by atoms with Crippen LogP contribution in [0.4, 0.5) is 8.78 Å². The van der Waals surface area contributed by atoms with Gasteiger partial charge in [-0.1, -0.05) is 12.1 Å². The van der Waals surface area contributed by atoms with E-state index >= 15 is 4.39 Å². The monoisotopic (exact) mass is 446 g/mol. The van der Waals surface area contributed by atoms with Gasteiger partial charge in [0.05, 0.1) is 30.9 Å². The molecule has 10 heteroatoms. The fourth-order valence-electron chi connectivity index (χ4n) is 3.45. The lowest BCUT2D eigenvalue weighted by atomic mass is 10.2. The maximum atomic E-state index is 15.0. The van der Waals surface area contributed by atoms with Gasteiger partial charge in [-0.2, -0.15) is 15.3 Å². The molecule has 0 spiro atoms. The first-order valence-electron chi connectivity index (χ1n) is 9.84. The highest BCUT2D eigenvalue weighted by molar-refractivity contribution is 5.59. The van der Waals surface area contributed by atoms with Crippen molar-refractivity contribution in [1.82, 2.24) is 29.3 Å². The van der Waals surface area contributed by atoms with Crippen LogP contribution in [0.25, 0.3) is 28.5 Å². The van der Waals surface area contributed by atoms with Crippen LogP contribution in [0.3, 0.4) is 0 Å². The van der Waals surface area contributed by atoms with Crippen molar-refractivity contribution in [3.05, 3.63) is 101 Å². The summed E-state index contributed by atoms with van der Waals surface area (Å²) in [5.74, 6) is -1.17. The van der Waals surface area contributed by atoms with Crippen molar-refractivity contribution < 1.29 is 13.5 Å². The quantitative estimate of drug-likeness (QED) is 0.413. The summed E-state index contributed by atoms with van der Waals surface area (Å²) in [7, 11) is 1.33. The van der Waals surface area contributed by atoms with Crippen molar-refractivity contribution in [3.8, 4) is 34.2 Å². The zero-order valence-electron chi connectivity index (χ0n) is 17.3. The molecule has 0 atom stereocenters. The number of halogens is 2. The van der Waals surface area contributed by atoms with Crippen LogP contribution in [-0.2, 0) is 0 Å². The molecule has 164 valence electrons. The summed E-state index contributed by atoms with van der Waals surface area (Å²) in [5, 5.41) is 12.6. The Bertz CT molecular complexity index is 1510. The first kappa shape index (κ1) is 20.3. The van der Waals surface area contributed by atoms with Gasteiger partial charge < -0.3 is 4.74 Å². The van der Waals surface area contributed by atoms with Crippen LogP contribution in [0.1, 0.15) is 0 Å². The second-order valence-electron chi connectivity index (χ2n) is 6.99. The number of methoxy groups -OCH3 is 1. The van der Waals surface area contributed by atoms with Gasteiger partial charge in [-0.25, -0.2) is 22.8 Å². The fraction of sp³-hybridized carbons (Fsp3) is 0.0435. The molecule has 33 heavy (non-hydrogen) atoms. The molecular formula is C23H16F2N6O2. The molecule has 0 aliphatic carbocycles. The zero-order valence-corrected chi connectivity index (χ0v) is 17.3. The second kappa shape index (κ2) is 8.15. The van der Waals surface area contributed by atoms with Crippen molar-refractivity contribution in [2.24, 2.45) is 0 Å². The molecular weight excluding hydrogens is 430 g/mol. The largest absolute Gasteiger partial charge is 0.491 e. The molecule has 0 saturated heterocycles. The summed E-state index contributed by atoms with van der Waals surface area (Å²) >= 11 is 0. The molecule has 0 aliphatic heterocycles. The lowest BCUT2D eigenvalue weighted by Gasteiger charge is -2.13. The molecule has 8 nitrogen and oxygen atoms in total. The third kappa shape index (κ3) is 3.57. The second-order valence-corrected chi connectivity index (χ2v) is 6.99. The Morgan fingerprint density at radius 2 is 1.73 bits per heavy atom. The van der Waals surface area contributed by atoms with Crippen LogP contribution in [-0.4, -0.2) is 36.5 Å². The average Bonchev–Trinajstić information content (AvgIpc) is 3.52. The van der Waals surface area contributed by atoms with Crippen LogP contribution in [0.2, 0.25) is 0 Å².